The van der Waals surface area contributed by atoms with E-state index in [4.69, 9.17) is 0 Å². The summed E-state index contributed by atoms with van der Waals surface area (Å²) in [5.41, 5.74) is 1.41. The Labute approximate surface area is 118 Å². The molecule has 106 valence electrons. The third kappa shape index (κ3) is 7.27. The van der Waals surface area contributed by atoms with Gasteiger partial charge in [-0.25, -0.2) is 0 Å². The minimum absolute atomic E-state index is 0.00468. The van der Waals surface area contributed by atoms with Crippen molar-refractivity contribution >= 4 is 11.8 Å². The van der Waals surface area contributed by atoms with Gasteiger partial charge in [0.1, 0.15) is 0 Å². The maximum absolute atomic E-state index is 9.92. The molecule has 0 rings (SSSR count). The second kappa shape index (κ2) is 6.81. The zero-order chi connectivity index (χ0) is 14.6. The molecule has 1 N–H and O–H groups in total. The van der Waals surface area contributed by atoms with Crippen LogP contribution in [-0.2, 0) is 0 Å². The summed E-state index contributed by atoms with van der Waals surface area (Å²) >= 11 is 1.75. The Kier molecular flexibility index (Phi) is 6.73. The molecular formula is C16H30OS. The molecular weight excluding hydrogens is 240 g/mol. The molecule has 0 fully saturated rings. The van der Waals surface area contributed by atoms with E-state index in [1.807, 2.05) is 6.92 Å². The zero-order valence-corrected chi connectivity index (χ0v) is 14.1. The van der Waals surface area contributed by atoms with Gasteiger partial charge in [0.05, 0.1) is 6.10 Å². The quantitative estimate of drug-likeness (QED) is 0.724. The van der Waals surface area contributed by atoms with Crippen LogP contribution >= 0.6 is 11.8 Å². The van der Waals surface area contributed by atoms with Crippen LogP contribution in [0.15, 0.2) is 22.6 Å². The summed E-state index contributed by atoms with van der Waals surface area (Å²) in [4.78, 5) is 1.25. The van der Waals surface area contributed by atoms with Crippen LogP contribution in [0.1, 0.15) is 54.9 Å². The van der Waals surface area contributed by atoms with Gasteiger partial charge in [0.25, 0.3) is 0 Å². The van der Waals surface area contributed by atoms with Gasteiger partial charge >= 0.3 is 0 Å². The second-order valence-electron chi connectivity index (χ2n) is 7.10. The molecule has 0 aliphatic heterocycles. The van der Waals surface area contributed by atoms with Crippen LogP contribution in [0.3, 0.4) is 0 Å². The average molecular weight is 270 g/mol. The van der Waals surface area contributed by atoms with E-state index in [0.29, 0.717) is 5.41 Å². The van der Waals surface area contributed by atoms with Crippen molar-refractivity contribution in [3.8, 4) is 0 Å². The summed E-state index contributed by atoms with van der Waals surface area (Å²) in [7, 11) is 0. The van der Waals surface area contributed by atoms with Crippen LogP contribution in [0.25, 0.3) is 0 Å². The number of rotatable bonds is 4. The number of thioether (sulfide) groups is 1. The molecule has 0 saturated carbocycles. The normalized spacial score (nSPS) is 16.9. The van der Waals surface area contributed by atoms with E-state index >= 15 is 0 Å². The molecule has 1 nitrogen and oxygen atoms in total. The van der Waals surface area contributed by atoms with Crippen molar-refractivity contribution < 1.29 is 5.11 Å². The molecule has 0 aliphatic carbocycles. The maximum atomic E-state index is 9.92. The molecule has 1 unspecified atom stereocenters. The van der Waals surface area contributed by atoms with Gasteiger partial charge in [-0.05, 0) is 42.1 Å². The molecule has 0 aromatic rings. The zero-order valence-electron chi connectivity index (χ0n) is 13.3. The fourth-order valence-electron chi connectivity index (χ4n) is 1.72. The highest BCUT2D eigenvalue weighted by atomic mass is 32.2. The fraction of sp³-hybridized carbons (Fsp3) is 0.750. The lowest BCUT2D eigenvalue weighted by molar-refractivity contribution is 0.203. The molecule has 0 heterocycles. The van der Waals surface area contributed by atoms with Crippen molar-refractivity contribution in [1.29, 1.82) is 0 Å². The highest BCUT2D eigenvalue weighted by Gasteiger charge is 2.21. The van der Waals surface area contributed by atoms with E-state index < -0.39 is 6.10 Å². The third-order valence-electron chi connectivity index (χ3n) is 2.77. The molecule has 0 aromatic carbocycles. The first kappa shape index (κ1) is 17.8. The highest BCUT2D eigenvalue weighted by Crippen LogP contribution is 2.32. The number of hydrogen-bond donors (Lipinski definition) is 1. The van der Waals surface area contributed by atoms with Crippen molar-refractivity contribution in [3.05, 3.63) is 22.6 Å². The Morgan fingerprint density at radius 2 is 1.67 bits per heavy atom. The third-order valence-corrected chi connectivity index (χ3v) is 3.52. The summed E-state index contributed by atoms with van der Waals surface area (Å²) in [5.74, 6) is 0. The summed E-state index contributed by atoms with van der Waals surface area (Å²) in [5, 5.41) is 9.92. The first-order valence-electron chi connectivity index (χ1n) is 6.61. The van der Waals surface area contributed by atoms with Gasteiger partial charge in [-0.1, -0.05) is 47.6 Å². The van der Waals surface area contributed by atoms with Crippen LogP contribution in [0, 0.1) is 10.8 Å². The lowest BCUT2D eigenvalue weighted by atomic mass is 9.83. The molecule has 2 heteroatoms. The highest BCUT2D eigenvalue weighted by molar-refractivity contribution is 8.02. The number of aliphatic hydroxyl groups excluding tert-OH is 1. The van der Waals surface area contributed by atoms with Crippen LogP contribution in [0.2, 0.25) is 0 Å². The molecule has 0 aromatic heterocycles. The largest absolute Gasteiger partial charge is 0.389 e. The Balaban J connectivity index is 5.17. The fourth-order valence-corrected chi connectivity index (χ4v) is 2.22. The average Bonchev–Trinajstić information content (AvgIpc) is 2.13. The molecule has 0 radical (unpaired) electrons. The van der Waals surface area contributed by atoms with E-state index in [9.17, 15) is 5.11 Å². The van der Waals surface area contributed by atoms with Gasteiger partial charge in [0, 0.05) is 4.91 Å². The van der Waals surface area contributed by atoms with Crippen molar-refractivity contribution in [2.45, 2.75) is 61.0 Å². The Bertz CT molecular complexity index is 311. The lowest BCUT2D eigenvalue weighted by Gasteiger charge is -2.26. The van der Waals surface area contributed by atoms with E-state index in [0.717, 1.165) is 12.0 Å². The number of aliphatic hydroxyl groups is 1. The molecule has 18 heavy (non-hydrogen) atoms. The standard InChI is InChI=1S/C16H30OS/c1-12(17)14(16(5,6)7)11-13(18-8)9-10-15(2,3)4/h9,11-12,17H,10H2,1-8H3/b13-9+,14-11+. The predicted molar refractivity (Wildman–Crippen MR) is 84.9 cm³/mol. The van der Waals surface area contributed by atoms with Crippen LogP contribution in [0.5, 0.6) is 0 Å². The number of hydrogen-bond acceptors (Lipinski definition) is 2. The first-order chi connectivity index (χ1) is 7.97. The monoisotopic (exact) mass is 270 g/mol. The molecule has 0 aliphatic rings. The molecule has 0 spiro atoms. The van der Waals surface area contributed by atoms with Gasteiger partial charge in [-0.3, -0.25) is 0 Å². The summed E-state index contributed by atoms with van der Waals surface area (Å²) < 4.78 is 0. The van der Waals surface area contributed by atoms with Crippen LogP contribution < -0.4 is 0 Å². The van der Waals surface area contributed by atoms with Crippen molar-refractivity contribution in [2.75, 3.05) is 6.26 Å². The minimum Gasteiger partial charge on any atom is -0.389 e. The first-order valence-corrected chi connectivity index (χ1v) is 7.84. The smallest absolute Gasteiger partial charge is 0.0730 e. The molecule has 1 atom stereocenters. The Morgan fingerprint density at radius 3 is 1.94 bits per heavy atom. The molecule has 0 amide bonds. The topological polar surface area (TPSA) is 20.2 Å². The molecule has 0 saturated heterocycles. The van der Waals surface area contributed by atoms with Gasteiger partial charge in [0.15, 0.2) is 0 Å². The SMILES string of the molecule is CSC(/C=C(\C(C)O)C(C)(C)C)=C/CC(C)(C)C. The van der Waals surface area contributed by atoms with E-state index in [2.05, 4.69) is 60.0 Å². The van der Waals surface area contributed by atoms with Crippen LogP contribution in [0.4, 0.5) is 0 Å². The lowest BCUT2D eigenvalue weighted by Crippen LogP contribution is -2.19. The summed E-state index contributed by atoms with van der Waals surface area (Å²) in [6, 6.07) is 0. The van der Waals surface area contributed by atoms with Gasteiger partial charge in [0.2, 0.25) is 0 Å². The Morgan fingerprint density at radius 1 is 1.17 bits per heavy atom. The van der Waals surface area contributed by atoms with Crippen molar-refractivity contribution in [1.82, 2.24) is 0 Å². The van der Waals surface area contributed by atoms with Gasteiger partial charge in [-0.15, -0.1) is 11.8 Å². The summed E-state index contributed by atoms with van der Waals surface area (Å²) in [6.45, 7) is 15.0. The van der Waals surface area contributed by atoms with Crippen molar-refractivity contribution in [2.24, 2.45) is 10.8 Å². The van der Waals surface area contributed by atoms with Crippen LogP contribution in [-0.4, -0.2) is 17.5 Å². The van der Waals surface area contributed by atoms with Gasteiger partial charge < -0.3 is 5.11 Å². The summed E-state index contributed by atoms with van der Waals surface area (Å²) in [6.07, 6.45) is 7.18. The van der Waals surface area contributed by atoms with Crippen molar-refractivity contribution in [3.63, 3.8) is 0 Å². The van der Waals surface area contributed by atoms with Gasteiger partial charge in [-0.2, -0.15) is 0 Å². The van der Waals surface area contributed by atoms with E-state index in [-0.39, 0.29) is 5.41 Å². The maximum Gasteiger partial charge on any atom is 0.0730 e. The minimum atomic E-state index is -0.393. The second-order valence-corrected chi connectivity index (χ2v) is 7.98. The molecule has 0 bridgehead atoms. The predicted octanol–water partition coefficient (Wildman–Crippen LogP) is 5.02. The number of allylic oxidation sites excluding steroid dienone is 2. The van der Waals surface area contributed by atoms with E-state index in [1.54, 1.807) is 11.8 Å². The Hall–Kier alpha value is -0.210. The van der Waals surface area contributed by atoms with E-state index in [1.165, 1.54) is 4.91 Å².